The first-order chi connectivity index (χ1) is 16.6. The lowest BCUT2D eigenvalue weighted by atomic mass is 9.74. The normalized spacial score (nSPS) is 28.5. The fourth-order valence-electron chi connectivity index (χ4n) is 5.78. The van der Waals surface area contributed by atoms with E-state index in [0.717, 1.165) is 56.3 Å². The van der Waals surface area contributed by atoms with Gasteiger partial charge in [0, 0.05) is 36.6 Å². The van der Waals surface area contributed by atoms with Gasteiger partial charge in [0.25, 0.3) is 5.91 Å². The number of hydrogen-bond donors (Lipinski definition) is 2. The van der Waals surface area contributed by atoms with E-state index in [4.69, 9.17) is 15.2 Å². The Morgan fingerprint density at radius 2 is 1.77 bits per heavy atom. The van der Waals surface area contributed by atoms with Gasteiger partial charge in [-0.3, -0.25) is 4.79 Å². The second-order valence-electron chi connectivity index (χ2n) is 11.3. The molecule has 35 heavy (non-hydrogen) atoms. The molecule has 188 valence electrons. The predicted octanol–water partition coefficient (Wildman–Crippen LogP) is 3.45. The summed E-state index contributed by atoms with van der Waals surface area (Å²) in [6.45, 7) is 7.92. The Kier molecular flexibility index (Phi) is 6.10. The molecule has 4 heterocycles. The van der Waals surface area contributed by atoms with Crippen LogP contribution in [0.2, 0.25) is 0 Å². The Morgan fingerprint density at radius 1 is 1.11 bits per heavy atom. The second-order valence-corrected chi connectivity index (χ2v) is 11.3. The molecule has 1 amide bonds. The standard InChI is InChI=1S/C27H36N4O4/c1-25(2,33)21-8-9-26(3,35-21)22-14-27(17-34-22)10-12-31(13-11-27)23(32)19-6-4-18(5-7-19)20-15-29-24(28)30-16-20/h4-7,15-16,21-22,33H,8-14,17H2,1-3H3,(H2,28,29,30)/t21-,22+,26+/m0/s1. The van der Waals surface area contributed by atoms with E-state index in [9.17, 15) is 9.90 Å². The van der Waals surface area contributed by atoms with Crippen LogP contribution in [0, 0.1) is 5.41 Å². The molecular weight excluding hydrogens is 444 g/mol. The molecule has 1 aromatic carbocycles. The van der Waals surface area contributed by atoms with Crippen molar-refractivity contribution in [1.29, 1.82) is 0 Å². The maximum absolute atomic E-state index is 13.2. The number of anilines is 1. The van der Waals surface area contributed by atoms with E-state index in [1.54, 1.807) is 12.4 Å². The average molecular weight is 481 g/mol. The van der Waals surface area contributed by atoms with Crippen LogP contribution >= 0.6 is 0 Å². The summed E-state index contributed by atoms with van der Waals surface area (Å²) in [5.74, 6) is 0.306. The molecule has 3 aliphatic heterocycles. The smallest absolute Gasteiger partial charge is 0.253 e. The van der Waals surface area contributed by atoms with Gasteiger partial charge in [-0.15, -0.1) is 0 Å². The van der Waals surface area contributed by atoms with Gasteiger partial charge < -0.3 is 25.2 Å². The van der Waals surface area contributed by atoms with Crippen LogP contribution in [0.3, 0.4) is 0 Å². The van der Waals surface area contributed by atoms with Crippen molar-refractivity contribution in [2.75, 3.05) is 25.4 Å². The Bertz CT molecular complexity index is 1060. The zero-order valence-electron chi connectivity index (χ0n) is 20.9. The maximum Gasteiger partial charge on any atom is 0.253 e. The van der Waals surface area contributed by atoms with Crippen molar-refractivity contribution in [1.82, 2.24) is 14.9 Å². The third-order valence-electron chi connectivity index (χ3n) is 8.24. The van der Waals surface area contributed by atoms with Gasteiger partial charge in [0.05, 0.1) is 30.0 Å². The minimum Gasteiger partial charge on any atom is -0.388 e. The number of nitrogen functional groups attached to an aromatic ring is 1. The molecule has 5 rings (SSSR count). The van der Waals surface area contributed by atoms with Crippen LogP contribution in [-0.4, -0.2) is 69.0 Å². The SMILES string of the molecule is CC(C)(O)[C@@H]1CC[C@](C)([C@H]2CC3(CCN(C(=O)c4ccc(-c5cnc(N)nc5)cc4)CC3)CO2)O1. The highest BCUT2D eigenvalue weighted by Gasteiger charge is 2.53. The summed E-state index contributed by atoms with van der Waals surface area (Å²) in [5.41, 5.74) is 6.95. The van der Waals surface area contributed by atoms with Gasteiger partial charge in [-0.2, -0.15) is 0 Å². The van der Waals surface area contributed by atoms with Crippen molar-refractivity contribution >= 4 is 11.9 Å². The number of benzene rings is 1. The number of aliphatic hydroxyl groups is 1. The van der Waals surface area contributed by atoms with E-state index in [1.165, 1.54) is 0 Å². The van der Waals surface area contributed by atoms with Crippen molar-refractivity contribution in [2.45, 2.75) is 76.3 Å². The molecule has 8 nitrogen and oxygen atoms in total. The van der Waals surface area contributed by atoms with Gasteiger partial charge >= 0.3 is 0 Å². The van der Waals surface area contributed by atoms with Crippen LogP contribution in [0.4, 0.5) is 5.95 Å². The molecule has 0 unspecified atom stereocenters. The van der Waals surface area contributed by atoms with Crippen LogP contribution in [-0.2, 0) is 9.47 Å². The molecule has 2 aromatic rings. The van der Waals surface area contributed by atoms with E-state index in [0.29, 0.717) is 12.2 Å². The summed E-state index contributed by atoms with van der Waals surface area (Å²) in [5, 5.41) is 10.4. The number of amides is 1. The van der Waals surface area contributed by atoms with Crippen molar-refractivity contribution in [3.63, 3.8) is 0 Å². The van der Waals surface area contributed by atoms with E-state index >= 15 is 0 Å². The average Bonchev–Trinajstić information content (AvgIpc) is 3.45. The number of nitrogens with two attached hydrogens (primary N) is 1. The van der Waals surface area contributed by atoms with Crippen LogP contribution in [0.15, 0.2) is 36.7 Å². The van der Waals surface area contributed by atoms with Gasteiger partial charge in [-0.1, -0.05) is 12.1 Å². The number of rotatable bonds is 4. The highest BCUT2D eigenvalue weighted by atomic mass is 16.6. The molecule has 3 atom stereocenters. The Labute approximate surface area is 206 Å². The third kappa shape index (κ3) is 4.79. The molecule has 8 heteroatoms. The number of nitrogens with zero attached hydrogens (tertiary/aromatic N) is 3. The number of carbonyl (C=O) groups is 1. The van der Waals surface area contributed by atoms with Gasteiger partial charge in [0.2, 0.25) is 5.95 Å². The molecule has 1 aromatic heterocycles. The number of aromatic nitrogens is 2. The Hall–Kier alpha value is -2.55. The van der Waals surface area contributed by atoms with Crippen molar-refractivity contribution in [2.24, 2.45) is 5.41 Å². The quantitative estimate of drug-likeness (QED) is 0.690. The van der Waals surface area contributed by atoms with Crippen molar-refractivity contribution in [3.8, 4) is 11.1 Å². The molecule has 3 N–H and O–H groups in total. The summed E-state index contributed by atoms with van der Waals surface area (Å²) >= 11 is 0. The van der Waals surface area contributed by atoms with Gasteiger partial charge in [0.1, 0.15) is 0 Å². The zero-order chi connectivity index (χ0) is 24.8. The lowest BCUT2D eigenvalue weighted by molar-refractivity contribution is -0.155. The number of likely N-dealkylation sites (tertiary alicyclic amines) is 1. The van der Waals surface area contributed by atoms with Gasteiger partial charge in [-0.05, 0) is 76.0 Å². The summed E-state index contributed by atoms with van der Waals surface area (Å²) in [4.78, 5) is 23.2. The number of ether oxygens (including phenoxy) is 2. The largest absolute Gasteiger partial charge is 0.388 e. The molecule has 1 spiro atoms. The summed E-state index contributed by atoms with van der Waals surface area (Å²) < 4.78 is 12.7. The number of hydrogen-bond acceptors (Lipinski definition) is 7. The Morgan fingerprint density at radius 3 is 2.37 bits per heavy atom. The van der Waals surface area contributed by atoms with Crippen molar-refractivity contribution in [3.05, 3.63) is 42.2 Å². The monoisotopic (exact) mass is 480 g/mol. The molecule has 3 fully saturated rings. The molecule has 3 aliphatic rings. The zero-order valence-corrected chi connectivity index (χ0v) is 20.9. The highest BCUT2D eigenvalue weighted by Crippen LogP contribution is 2.49. The van der Waals surface area contributed by atoms with Crippen molar-refractivity contribution < 1.29 is 19.4 Å². The number of carbonyl (C=O) groups excluding carboxylic acids is 1. The van der Waals surface area contributed by atoms with Crippen LogP contribution < -0.4 is 5.73 Å². The predicted molar refractivity (Wildman–Crippen MR) is 133 cm³/mol. The van der Waals surface area contributed by atoms with Gasteiger partial charge in [0.15, 0.2) is 0 Å². The van der Waals surface area contributed by atoms with E-state index < -0.39 is 5.60 Å². The summed E-state index contributed by atoms with van der Waals surface area (Å²) in [6, 6.07) is 7.58. The first-order valence-electron chi connectivity index (χ1n) is 12.6. The summed E-state index contributed by atoms with van der Waals surface area (Å²) in [6.07, 6.45) is 7.78. The minimum atomic E-state index is -0.846. The molecule has 0 saturated carbocycles. The summed E-state index contributed by atoms with van der Waals surface area (Å²) in [7, 11) is 0. The van der Waals surface area contributed by atoms with Crippen LogP contribution in [0.25, 0.3) is 11.1 Å². The van der Waals surface area contributed by atoms with Crippen LogP contribution in [0.5, 0.6) is 0 Å². The molecule has 3 saturated heterocycles. The molecule has 0 radical (unpaired) electrons. The molecular formula is C27H36N4O4. The minimum absolute atomic E-state index is 0.0296. The van der Waals surface area contributed by atoms with E-state index in [1.807, 2.05) is 43.0 Å². The first kappa shape index (κ1) is 24.2. The highest BCUT2D eigenvalue weighted by molar-refractivity contribution is 5.94. The Balaban J connectivity index is 1.18. The lowest BCUT2D eigenvalue weighted by Gasteiger charge is -2.39. The van der Waals surface area contributed by atoms with E-state index in [2.05, 4.69) is 16.9 Å². The molecule has 0 aliphatic carbocycles. The lowest BCUT2D eigenvalue weighted by Crippen LogP contribution is -2.45. The fourth-order valence-corrected chi connectivity index (χ4v) is 5.78. The topological polar surface area (TPSA) is 111 Å². The van der Waals surface area contributed by atoms with Gasteiger partial charge in [-0.25, -0.2) is 9.97 Å². The number of piperidine rings is 1. The van der Waals surface area contributed by atoms with E-state index in [-0.39, 0.29) is 35.1 Å². The fraction of sp³-hybridized carbons (Fsp3) is 0.593. The van der Waals surface area contributed by atoms with Crippen LogP contribution in [0.1, 0.15) is 63.2 Å². The third-order valence-corrected chi connectivity index (χ3v) is 8.24. The first-order valence-corrected chi connectivity index (χ1v) is 12.6. The second kappa shape index (κ2) is 8.84. The maximum atomic E-state index is 13.2. The molecule has 0 bridgehead atoms.